The summed E-state index contributed by atoms with van der Waals surface area (Å²) in [5.41, 5.74) is 4.36. The molecule has 0 spiro atoms. The van der Waals surface area contributed by atoms with Gasteiger partial charge in [0, 0.05) is 23.4 Å². The molecule has 0 aliphatic heterocycles. The molecule has 0 amide bonds. The van der Waals surface area contributed by atoms with Gasteiger partial charge in [0.25, 0.3) is 20.2 Å². The van der Waals surface area contributed by atoms with Gasteiger partial charge in [0.05, 0.1) is 56.2 Å². The molecule has 0 aromatic heterocycles. The first-order valence-electron chi connectivity index (χ1n) is 22.1. The fourth-order valence-corrected chi connectivity index (χ4v) is 12.0. The van der Waals surface area contributed by atoms with Gasteiger partial charge < -0.3 is 5.11 Å². The third-order valence-electron chi connectivity index (χ3n) is 10.7. The number of anilines is 4. The van der Waals surface area contributed by atoms with Crippen LogP contribution in [0.2, 0.25) is 0 Å². The van der Waals surface area contributed by atoms with Crippen molar-refractivity contribution in [2.45, 2.75) is 32.6 Å². The minimum absolute atomic E-state index is 0.0000928. The van der Waals surface area contributed by atoms with Crippen LogP contribution < -0.4 is 64.8 Å². The number of aromatic carboxylic acids is 1. The molecule has 10 N–H and O–H groups in total. The fraction of sp³-hybridized carbons (Fsp3) is 0.140. The van der Waals surface area contributed by atoms with Crippen molar-refractivity contribution >= 4 is 91.1 Å². The number of carbonyl (C=O) groups is 1. The van der Waals surface area contributed by atoms with E-state index in [1.165, 1.54) is 36.4 Å². The first kappa shape index (κ1) is 64.3. The van der Waals surface area contributed by atoms with Crippen LogP contribution in [0, 0.1) is 0 Å². The lowest BCUT2D eigenvalue weighted by atomic mass is 9.99. The maximum atomic E-state index is 13.4. The Kier molecular flexibility index (Phi) is 20.9. The van der Waals surface area contributed by atoms with Crippen molar-refractivity contribution in [3.8, 4) is 0 Å². The third-order valence-corrected chi connectivity index (χ3v) is 17.2. The van der Waals surface area contributed by atoms with Crippen LogP contribution in [0.5, 0.6) is 0 Å². The summed E-state index contributed by atoms with van der Waals surface area (Å²) in [4.78, 5) is 65.8. The van der Waals surface area contributed by atoms with Crippen LogP contribution in [0.1, 0.15) is 27.0 Å². The molecule has 34 nitrogen and oxygen atoms in total. The van der Waals surface area contributed by atoms with Crippen LogP contribution in [-0.4, -0.2) is 101 Å². The van der Waals surface area contributed by atoms with Gasteiger partial charge in [-0.05, 0) is 106 Å². The van der Waals surface area contributed by atoms with E-state index < -0.39 is 161 Å². The van der Waals surface area contributed by atoms with Gasteiger partial charge in [-0.2, -0.15) is 45.7 Å². The predicted molar refractivity (Wildman–Crippen MR) is 282 cm³/mol. The Labute approximate surface area is 468 Å². The molecule has 0 aliphatic rings. The Morgan fingerprint density at radius 3 is 1.51 bits per heavy atom. The molecule has 6 aromatic carbocycles. The van der Waals surface area contributed by atoms with E-state index in [2.05, 4.69) is 65.6 Å². The van der Waals surface area contributed by atoms with Crippen molar-refractivity contribution < 1.29 is 99.6 Å². The van der Waals surface area contributed by atoms with E-state index in [-0.39, 0.29) is 29.1 Å². The van der Waals surface area contributed by atoms with E-state index in [0.29, 0.717) is 35.3 Å². The Bertz CT molecular complexity index is 4590. The van der Waals surface area contributed by atoms with Gasteiger partial charge in [-0.15, -0.1) is 4.33 Å². The highest BCUT2D eigenvalue weighted by Crippen LogP contribution is 2.28. The zero-order valence-electron chi connectivity index (χ0n) is 41.1. The molecule has 442 valence electrons. The summed E-state index contributed by atoms with van der Waals surface area (Å²) in [6, 6.07) is 16.4. The summed E-state index contributed by atoms with van der Waals surface area (Å²) >= 11 is 0.409. The van der Waals surface area contributed by atoms with Crippen LogP contribution in [0.3, 0.4) is 0 Å². The van der Waals surface area contributed by atoms with Gasteiger partial charge in [-0.1, -0.05) is 18.2 Å². The Morgan fingerprint density at radius 2 is 1.02 bits per heavy atom. The molecule has 0 bridgehead atoms. The molecule has 6 aromatic rings. The summed E-state index contributed by atoms with van der Waals surface area (Å²) in [5.74, 6) is -3.51. The van der Waals surface area contributed by atoms with Crippen LogP contribution in [-0.2, 0) is 86.8 Å². The van der Waals surface area contributed by atoms with Gasteiger partial charge in [0.1, 0.15) is 27.1 Å². The lowest BCUT2D eigenvalue weighted by Crippen LogP contribution is -2.48. The minimum atomic E-state index is -5.23. The normalized spacial score (nSPS) is 13.3. The Balaban J connectivity index is 1.21. The molecule has 0 saturated carbocycles. The van der Waals surface area contributed by atoms with Crippen molar-refractivity contribution in [2.75, 3.05) is 45.6 Å². The number of nitrogens with one attached hydrogen (secondary N) is 4. The quantitative estimate of drug-likeness (QED) is 0.00945. The highest BCUT2D eigenvalue weighted by Gasteiger charge is 2.25. The number of hydrogen-bond donors (Lipinski definition) is 10. The molecule has 0 aliphatic carbocycles. The second-order valence-electron chi connectivity index (χ2n) is 16.2. The average molecular weight is 1280 g/mol. The van der Waals surface area contributed by atoms with E-state index in [1.54, 1.807) is 0 Å². The minimum Gasteiger partial charge on any atom is -0.478 e. The summed E-state index contributed by atoms with van der Waals surface area (Å²) in [6.45, 7) is -1.57. The smallest absolute Gasteiger partial charge is 0.397 e. The molecule has 0 radical (unpaired) electrons. The summed E-state index contributed by atoms with van der Waals surface area (Å²) in [5, 5.41) is 47.0. The maximum absolute atomic E-state index is 13.4. The summed E-state index contributed by atoms with van der Waals surface area (Å²) < 4.78 is 158. The molecule has 6 rings (SSSR count). The average Bonchev–Trinajstić information content (AvgIpc) is 3.59. The summed E-state index contributed by atoms with van der Waals surface area (Å²) in [7, 11) is -24.1. The second-order valence-corrected chi connectivity index (χ2v) is 25.1. The molecule has 40 heteroatoms. The predicted octanol–water partition coefficient (Wildman–Crippen LogP) is -1.27. The Morgan fingerprint density at radius 1 is 0.554 bits per heavy atom. The number of nitrogens with zero attached hydrogens (tertiary/aromatic N) is 4. The first-order chi connectivity index (χ1) is 38.9. The second kappa shape index (κ2) is 27.0. The molecule has 83 heavy (non-hydrogen) atoms. The van der Waals surface area contributed by atoms with Crippen molar-refractivity contribution in [2.24, 2.45) is 20.4 Å². The van der Waals surface area contributed by atoms with Crippen molar-refractivity contribution in [3.63, 3.8) is 0 Å². The monoisotopic (exact) mass is 1270 g/mol. The Hall–Kier alpha value is -7.91. The molecule has 0 unspecified atom stereocenters. The first-order valence-corrected chi connectivity index (χ1v) is 30.6. The van der Waals surface area contributed by atoms with Crippen molar-refractivity contribution in [3.05, 3.63) is 182 Å². The highest BCUT2D eigenvalue weighted by molar-refractivity contribution is 7.97. The SMILES string of the molecule is O=C(O)c1cc(Cc2ccc(NN=c3c(=O)ccc(=NNc4ccc(S(=O)(=O)CCSOOOO)cc4S(=O)(=O)O)c3=O)c(COO)c2)ccc1NN=c1c(=O)ccc(=NNc2ccc(S(=O)(=O)CCOS(=O)(=O)O)cc2S(=O)(=O)O)c1=O. The largest absolute Gasteiger partial charge is 0.478 e. The molecular weight excluding hydrogens is 1240 g/mol. The molecular formula is C43H38N8O26S6. The summed E-state index contributed by atoms with van der Waals surface area (Å²) in [6.07, 6.45) is -0.0000928. The number of benzene rings is 6. The van der Waals surface area contributed by atoms with E-state index in [1.807, 2.05) is 0 Å². The van der Waals surface area contributed by atoms with Crippen molar-refractivity contribution in [1.82, 2.24) is 0 Å². The lowest BCUT2D eigenvalue weighted by Gasteiger charge is -2.12. The van der Waals surface area contributed by atoms with Gasteiger partial charge in [0.2, 0.25) is 21.7 Å². The zero-order valence-corrected chi connectivity index (χ0v) is 46.0. The number of carboxylic acids is 1. The number of rotatable bonds is 27. The van der Waals surface area contributed by atoms with E-state index in [4.69, 9.17) is 9.81 Å². The molecule has 0 heterocycles. The maximum Gasteiger partial charge on any atom is 0.397 e. The zero-order chi connectivity index (χ0) is 61.1. The van der Waals surface area contributed by atoms with Gasteiger partial charge in [0.15, 0.2) is 30.4 Å². The van der Waals surface area contributed by atoms with E-state index in [9.17, 15) is 85.5 Å². The number of hydrogen-bond acceptors (Lipinski definition) is 31. The molecule has 0 saturated heterocycles. The van der Waals surface area contributed by atoms with Crippen LogP contribution in [0.4, 0.5) is 22.7 Å². The molecule has 0 atom stereocenters. The number of sulfone groups is 2. The number of carboxylic acid groups (broad SMARTS) is 1. The lowest BCUT2D eigenvalue weighted by molar-refractivity contribution is -0.591. The van der Waals surface area contributed by atoms with Gasteiger partial charge >= 0.3 is 16.4 Å². The van der Waals surface area contributed by atoms with Gasteiger partial charge in [-0.3, -0.25) is 59.8 Å². The van der Waals surface area contributed by atoms with Crippen LogP contribution in [0.25, 0.3) is 0 Å². The third kappa shape index (κ3) is 17.3. The van der Waals surface area contributed by atoms with Crippen LogP contribution in [0.15, 0.2) is 156 Å². The van der Waals surface area contributed by atoms with Crippen molar-refractivity contribution in [1.29, 1.82) is 0 Å². The fourth-order valence-electron chi connectivity index (χ4n) is 6.91. The highest BCUT2D eigenvalue weighted by atomic mass is 32.3. The van der Waals surface area contributed by atoms with E-state index >= 15 is 0 Å². The topological polar surface area (TPSA) is 521 Å². The standard InChI is InChI=1S/C43H38N8O26S6/c52-35-11-9-33(48-47-32-8-4-27(21-38(32)82(67,68)69)80(62,63)16-14-78-77-76-75-59)41(54)39(35)50-44-29-5-1-23(18-25(29)22-73-58)17-24-2-6-30(28(19-24)43(56)57)45-51-40-36(53)12-10-34(42(40)55)49-46-31-7-3-26(20-37(31)81(64,65)66)79(60,61)15-13-74-83(70,71)72/h1-12,18-21,44-47,58-59H,13-17,22H2,(H,56,57)(H,64,65,66)(H,67,68,69)(H,70,71,72). The molecule has 0 fully saturated rings. The van der Waals surface area contributed by atoms with Crippen LogP contribution >= 0.6 is 12.0 Å². The van der Waals surface area contributed by atoms with Gasteiger partial charge in [-0.25, -0.2) is 36.0 Å². The van der Waals surface area contributed by atoms with E-state index in [0.717, 1.165) is 48.5 Å².